The molecule has 0 heterocycles. The molecule has 4 nitrogen and oxygen atoms in total. The number of carboxylic acids is 1. The second kappa shape index (κ2) is 3.30. The van der Waals surface area contributed by atoms with Crippen LogP contribution in [0.3, 0.4) is 0 Å². The third-order valence-electron chi connectivity index (χ3n) is 1.24. The van der Waals surface area contributed by atoms with E-state index in [2.05, 4.69) is 4.99 Å². The lowest BCUT2D eigenvalue weighted by atomic mass is 9.87. The van der Waals surface area contributed by atoms with Gasteiger partial charge in [0.25, 0.3) is 0 Å². The molecule has 1 atom stereocenters. The molecule has 0 aromatic carbocycles. The largest absolute Gasteiger partial charge is 0.480 e. The minimum absolute atomic E-state index is 0.538. The van der Waals surface area contributed by atoms with Crippen LogP contribution in [0, 0.1) is 5.41 Å². The molecular formula is C7H11NO3. The van der Waals surface area contributed by atoms with Gasteiger partial charge in [0.1, 0.15) is 0 Å². The van der Waals surface area contributed by atoms with Crippen LogP contribution in [0.4, 0.5) is 0 Å². The van der Waals surface area contributed by atoms with E-state index in [0.29, 0.717) is 0 Å². The van der Waals surface area contributed by atoms with E-state index in [-0.39, 0.29) is 0 Å². The lowest BCUT2D eigenvalue weighted by molar-refractivity contribution is -0.140. The SMILES string of the molecule is CC(C)(C)[C@@H](N=C=O)C(=O)O. The number of rotatable bonds is 2. The molecule has 0 aromatic rings. The van der Waals surface area contributed by atoms with Gasteiger partial charge in [-0.3, -0.25) is 0 Å². The Balaban J connectivity index is 4.61. The standard InChI is InChI=1S/C7H11NO3/c1-7(2,3)5(6(10)11)8-4-9/h5H,1-3H3,(H,10,11)/t5-/m0/s1. The number of carbonyl (C=O) groups excluding carboxylic acids is 1. The van der Waals surface area contributed by atoms with E-state index in [1.54, 1.807) is 20.8 Å². The van der Waals surface area contributed by atoms with Gasteiger partial charge in [-0.2, -0.15) is 4.99 Å². The smallest absolute Gasteiger partial charge is 0.329 e. The fraction of sp³-hybridized carbons (Fsp3) is 0.714. The Labute approximate surface area is 64.9 Å². The summed E-state index contributed by atoms with van der Waals surface area (Å²) in [5.74, 6) is -1.10. The molecule has 0 saturated carbocycles. The third kappa shape index (κ3) is 2.96. The van der Waals surface area contributed by atoms with Gasteiger partial charge in [-0.25, -0.2) is 9.59 Å². The molecule has 0 aromatic heterocycles. The van der Waals surface area contributed by atoms with Crippen molar-refractivity contribution in [3.63, 3.8) is 0 Å². The van der Waals surface area contributed by atoms with E-state index < -0.39 is 17.4 Å². The number of aliphatic carboxylic acids is 1. The number of carbonyl (C=O) groups is 1. The highest BCUT2D eigenvalue weighted by molar-refractivity contribution is 5.75. The van der Waals surface area contributed by atoms with Crippen molar-refractivity contribution in [2.24, 2.45) is 10.4 Å². The van der Waals surface area contributed by atoms with Crippen molar-refractivity contribution < 1.29 is 14.7 Å². The molecule has 1 N–H and O–H groups in total. The Morgan fingerprint density at radius 3 is 2.09 bits per heavy atom. The molecule has 0 rings (SSSR count). The van der Waals surface area contributed by atoms with Crippen LogP contribution in [-0.2, 0) is 9.59 Å². The molecule has 0 unspecified atom stereocenters. The molecule has 4 heteroatoms. The van der Waals surface area contributed by atoms with Gasteiger partial charge in [-0.05, 0) is 5.41 Å². The first-order valence-electron chi connectivity index (χ1n) is 3.19. The van der Waals surface area contributed by atoms with Gasteiger partial charge in [0.2, 0.25) is 6.08 Å². The van der Waals surface area contributed by atoms with Crippen LogP contribution in [-0.4, -0.2) is 23.2 Å². The summed E-state index contributed by atoms with van der Waals surface area (Å²) in [4.78, 5) is 23.5. The average molecular weight is 157 g/mol. The molecule has 0 aliphatic heterocycles. The first-order valence-corrected chi connectivity index (χ1v) is 3.19. The van der Waals surface area contributed by atoms with Crippen LogP contribution in [0.2, 0.25) is 0 Å². The van der Waals surface area contributed by atoms with Crippen LogP contribution >= 0.6 is 0 Å². The number of hydrogen-bond donors (Lipinski definition) is 1. The Morgan fingerprint density at radius 2 is 2.00 bits per heavy atom. The van der Waals surface area contributed by atoms with Gasteiger partial charge in [-0.15, -0.1) is 0 Å². The van der Waals surface area contributed by atoms with Crippen LogP contribution in [0.5, 0.6) is 0 Å². The molecule has 11 heavy (non-hydrogen) atoms. The minimum Gasteiger partial charge on any atom is -0.480 e. The summed E-state index contributed by atoms with van der Waals surface area (Å²) in [6.07, 6.45) is 1.25. The zero-order valence-electron chi connectivity index (χ0n) is 6.79. The zero-order valence-corrected chi connectivity index (χ0v) is 6.79. The number of hydrogen-bond acceptors (Lipinski definition) is 3. The molecule has 0 spiro atoms. The number of aliphatic imine (C=N–C) groups is 1. The van der Waals surface area contributed by atoms with E-state index in [0.717, 1.165) is 0 Å². The molecule has 0 aliphatic rings. The highest BCUT2D eigenvalue weighted by atomic mass is 16.4. The number of nitrogens with zero attached hydrogens (tertiary/aromatic N) is 1. The lowest BCUT2D eigenvalue weighted by Gasteiger charge is -2.21. The van der Waals surface area contributed by atoms with Crippen LogP contribution in [0.25, 0.3) is 0 Å². The second-order valence-corrected chi connectivity index (χ2v) is 3.33. The predicted molar refractivity (Wildman–Crippen MR) is 39.0 cm³/mol. The van der Waals surface area contributed by atoms with Crippen LogP contribution in [0.15, 0.2) is 4.99 Å². The molecule has 0 saturated heterocycles. The lowest BCUT2D eigenvalue weighted by Crippen LogP contribution is -2.32. The molecule has 0 bridgehead atoms. The molecule has 0 aliphatic carbocycles. The van der Waals surface area contributed by atoms with E-state index in [1.807, 2.05) is 0 Å². The summed E-state index contributed by atoms with van der Waals surface area (Å²) < 4.78 is 0. The van der Waals surface area contributed by atoms with Crippen molar-refractivity contribution >= 4 is 12.0 Å². The summed E-state index contributed by atoms with van der Waals surface area (Å²) in [7, 11) is 0. The third-order valence-corrected chi connectivity index (χ3v) is 1.24. The first kappa shape index (κ1) is 9.85. The van der Waals surface area contributed by atoms with Gasteiger partial charge < -0.3 is 5.11 Å². The van der Waals surface area contributed by atoms with Gasteiger partial charge in [0, 0.05) is 0 Å². The maximum absolute atomic E-state index is 10.5. The van der Waals surface area contributed by atoms with Crippen molar-refractivity contribution in [3.8, 4) is 0 Å². The monoisotopic (exact) mass is 157 g/mol. The van der Waals surface area contributed by atoms with E-state index in [1.165, 1.54) is 6.08 Å². The highest BCUT2D eigenvalue weighted by Crippen LogP contribution is 2.21. The van der Waals surface area contributed by atoms with Crippen molar-refractivity contribution in [1.29, 1.82) is 0 Å². The van der Waals surface area contributed by atoms with Crippen LogP contribution in [0.1, 0.15) is 20.8 Å². The van der Waals surface area contributed by atoms with E-state index in [9.17, 15) is 9.59 Å². The van der Waals surface area contributed by atoms with Crippen molar-refractivity contribution in [2.75, 3.05) is 0 Å². The normalized spacial score (nSPS) is 13.4. The van der Waals surface area contributed by atoms with E-state index in [4.69, 9.17) is 5.11 Å². The van der Waals surface area contributed by atoms with Gasteiger partial charge in [0.05, 0.1) is 0 Å². The fourth-order valence-electron chi connectivity index (χ4n) is 0.672. The topological polar surface area (TPSA) is 66.7 Å². The fourth-order valence-corrected chi connectivity index (χ4v) is 0.672. The Hall–Kier alpha value is -1.15. The number of carboxylic acid groups (broad SMARTS) is 1. The molecular weight excluding hydrogens is 146 g/mol. The minimum atomic E-state index is -1.10. The van der Waals surface area contributed by atoms with Gasteiger partial charge in [0.15, 0.2) is 6.04 Å². The van der Waals surface area contributed by atoms with Crippen molar-refractivity contribution in [3.05, 3.63) is 0 Å². The number of isocyanates is 1. The highest BCUT2D eigenvalue weighted by Gasteiger charge is 2.30. The van der Waals surface area contributed by atoms with Crippen molar-refractivity contribution in [2.45, 2.75) is 26.8 Å². The summed E-state index contributed by atoms with van der Waals surface area (Å²) in [6.45, 7) is 5.10. The summed E-state index contributed by atoms with van der Waals surface area (Å²) in [5, 5.41) is 8.57. The summed E-state index contributed by atoms with van der Waals surface area (Å²) >= 11 is 0. The quantitative estimate of drug-likeness (QED) is 0.476. The van der Waals surface area contributed by atoms with Gasteiger partial charge in [-0.1, -0.05) is 20.8 Å². The van der Waals surface area contributed by atoms with Crippen molar-refractivity contribution in [1.82, 2.24) is 0 Å². The maximum atomic E-state index is 10.5. The Bertz CT molecular complexity index is 196. The second-order valence-electron chi connectivity index (χ2n) is 3.33. The van der Waals surface area contributed by atoms with Gasteiger partial charge >= 0.3 is 5.97 Å². The zero-order chi connectivity index (χ0) is 9.07. The molecule has 0 radical (unpaired) electrons. The predicted octanol–water partition coefficient (Wildman–Crippen LogP) is 0.822. The Morgan fingerprint density at radius 1 is 1.55 bits per heavy atom. The maximum Gasteiger partial charge on any atom is 0.329 e. The van der Waals surface area contributed by atoms with Crippen LogP contribution < -0.4 is 0 Å². The molecule has 62 valence electrons. The summed E-state index contributed by atoms with van der Waals surface area (Å²) in [6, 6.07) is -1.00. The van der Waals surface area contributed by atoms with E-state index >= 15 is 0 Å². The Kier molecular flexibility index (Phi) is 2.96. The molecule has 0 fully saturated rings. The average Bonchev–Trinajstić information content (AvgIpc) is 1.79. The first-order chi connectivity index (χ1) is 4.89. The summed E-state index contributed by atoms with van der Waals surface area (Å²) in [5.41, 5.74) is -0.538. The molecule has 0 amide bonds.